The quantitative estimate of drug-likeness (QED) is 0.515. The summed E-state index contributed by atoms with van der Waals surface area (Å²) in [6.07, 6.45) is -3.31. The fraction of sp³-hybridized carbons (Fsp3) is 0.391. The Morgan fingerprint density at radius 1 is 1.15 bits per heavy atom. The molecule has 0 saturated heterocycles. The molecule has 1 N–H and O–H groups in total. The minimum Gasteiger partial charge on any atom is -0.548 e. The van der Waals surface area contributed by atoms with Crippen LogP contribution in [0, 0.1) is 11.7 Å². The van der Waals surface area contributed by atoms with Crippen LogP contribution in [-0.4, -0.2) is 24.3 Å². The highest BCUT2D eigenvalue weighted by Gasteiger charge is 2.32. The van der Waals surface area contributed by atoms with Crippen molar-refractivity contribution in [2.45, 2.75) is 51.6 Å². The lowest BCUT2D eigenvalue weighted by Crippen LogP contribution is -2.51. The van der Waals surface area contributed by atoms with Gasteiger partial charge in [-0.1, -0.05) is 25.4 Å². The van der Waals surface area contributed by atoms with Gasteiger partial charge in [0.05, 0.1) is 17.6 Å². The maximum Gasteiger partial charge on any atom is 0.573 e. The molecular formula is C23H21ClF4NO5-. The lowest BCUT2D eigenvalue weighted by Gasteiger charge is -2.23. The van der Waals surface area contributed by atoms with Crippen LogP contribution in [0.25, 0.3) is 0 Å². The van der Waals surface area contributed by atoms with E-state index >= 15 is 0 Å². The van der Waals surface area contributed by atoms with E-state index in [1.807, 2.05) is 0 Å². The molecular weight excluding hydrogens is 482 g/mol. The van der Waals surface area contributed by atoms with Gasteiger partial charge in [-0.2, -0.15) is 0 Å². The molecule has 1 saturated carbocycles. The van der Waals surface area contributed by atoms with Crippen LogP contribution < -0.4 is 19.9 Å². The number of rotatable bonds is 9. The molecule has 1 aliphatic carbocycles. The van der Waals surface area contributed by atoms with Gasteiger partial charge in [0.15, 0.2) is 0 Å². The number of carbonyl (C=O) groups is 2. The third kappa shape index (κ3) is 6.75. The van der Waals surface area contributed by atoms with Crippen molar-refractivity contribution in [2.75, 3.05) is 0 Å². The molecule has 3 rings (SSSR count). The number of alkyl halides is 3. The lowest BCUT2D eigenvalue weighted by atomic mass is 9.98. The molecule has 34 heavy (non-hydrogen) atoms. The second-order valence-electron chi connectivity index (χ2n) is 8.28. The summed E-state index contributed by atoms with van der Waals surface area (Å²) in [5.74, 6) is -4.28. The molecule has 1 fully saturated rings. The predicted octanol–water partition coefficient (Wildman–Crippen LogP) is 4.34. The molecule has 0 aromatic heterocycles. The summed E-state index contributed by atoms with van der Waals surface area (Å²) in [6, 6.07) is 4.41. The number of ether oxygens (including phenoxy) is 2. The smallest absolute Gasteiger partial charge is 0.548 e. The fourth-order valence-electron chi connectivity index (χ4n) is 3.40. The van der Waals surface area contributed by atoms with Crippen LogP contribution in [0.15, 0.2) is 30.3 Å². The number of aliphatic carboxylic acids is 1. The van der Waals surface area contributed by atoms with Gasteiger partial charge < -0.3 is 24.7 Å². The van der Waals surface area contributed by atoms with E-state index in [9.17, 15) is 32.3 Å². The van der Waals surface area contributed by atoms with Crippen molar-refractivity contribution in [3.8, 4) is 11.5 Å². The first kappa shape index (κ1) is 25.6. The Morgan fingerprint density at radius 2 is 1.79 bits per heavy atom. The van der Waals surface area contributed by atoms with Crippen LogP contribution in [-0.2, 0) is 11.4 Å². The highest BCUT2D eigenvalue weighted by Crippen LogP contribution is 2.43. The second-order valence-corrected chi connectivity index (χ2v) is 8.71. The van der Waals surface area contributed by atoms with Gasteiger partial charge in [0.25, 0.3) is 5.91 Å². The van der Waals surface area contributed by atoms with Crippen molar-refractivity contribution in [1.82, 2.24) is 5.32 Å². The number of carbonyl (C=O) groups excluding carboxylic acids is 2. The molecule has 184 valence electrons. The second kappa shape index (κ2) is 10.1. The summed E-state index contributed by atoms with van der Waals surface area (Å²) in [4.78, 5) is 23.8. The van der Waals surface area contributed by atoms with Gasteiger partial charge in [0.1, 0.15) is 23.9 Å². The van der Waals surface area contributed by atoms with Crippen LogP contribution in [0.5, 0.6) is 11.5 Å². The molecule has 0 aliphatic heterocycles. The highest BCUT2D eigenvalue weighted by molar-refractivity contribution is 6.30. The largest absolute Gasteiger partial charge is 0.573 e. The molecule has 0 bridgehead atoms. The molecule has 0 heterocycles. The van der Waals surface area contributed by atoms with Crippen LogP contribution in [0.4, 0.5) is 17.6 Å². The van der Waals surface area contributed by atoms with E-state index in [4.69, 9.17) is 16.3 Å². The normalized spacial score (nSPS) is 14.6. The third-order valence-electron chi connectivity index (χ3n) is 5.17. The summed E-state index contributed by atoms with van der Waals surface area (Å²) in [5, 5.41) is 13.5. The number of hydrogen-bond donors (Lipinski definition) is 1. The zero-order chi connectivity index (χ0) is 25.2. The van der Waals surface area contributed by atoms with Gasteiger partial charge in [-0.05, 0) is 60.1 Å². The van der Waals surface area contributed by atoms with E-state index in [1.165, 1.54) is 12.1 Å². The van der Waals surface area contributed by atoms with E-state index in [0.717, 1.165) is 31.0 Å². The van der Waals surface area contributed by atoms with Crippen molar-refractivity contribution in [3.63, 3.8) is 0 Å². The Bertz CT molecular complexity index is 1090. The molecule has 2 aromatic rings. The van der Waals surface area contributed by atoms with Gasteiger partial charge in [0, 0.05) is 11.1 Å². The molecule has 1 amide bonds. The van der Waals surface area contributed by atoms with Crippen LogP contribution in [0.3, 0.4) is 0 Å². The Labute approximate surface area is 197 Å². The predicted molar refractivity (Wildman–Crippen MR) is 112 cm³/mol. The molecule has 0 spiro atoms. The number of carboxylic acids is 1. The Balaban J connectivity index is 1.82. The van der Waals surface area contributed by atoms with E-state index in [1.54, 1.807) is 13.8 Å². The Morgan fingerprint density at radius 3 is 2.35 bits per heavy atom. The SMILES string of the molecule is CC(C)C(NC(=O)c1cc(C2CC2)c(COc2cc(Cl)cc(OC(F)(F)F)c2)cc1F)C(=O)[O-]. The van der Waals surface area contributed by atoms with Crippen molar-refractivity contribution < 1.29 is 41.7 Å². The number of nitrogens with one attached hydrogen (secondary N) is 1. The summed E-state index contributed by atoms with van der Waals surface area (Å²) < 4.78 is 61.7. The fourth-order valence-corrected chi connectivity index (χ4v) is 3.61. The molecule has 1 aliphatic rings. The summed E-state index contributed by atoms with van der Waals surface area (Å²) >= 11 is 5.84. The number of amides is 1. The number of carboxylic acid groups (broad SMARTS) is 1. The standard InChI is InChI=1S/C23H22ClF4NO5/c1-11(2)20(22(31)32)29-21(30)18-9-17(12-3-4-12)13(5-19(18)25)10-33-15-6-14(24)7-16(8-15)34-23(26,27)28/h5-9,11-12,20H,3-4,10H2,1-2H3,(H,29,30)(H,31,32)/p-1. The molecule has 0 radical (unpaired) electrons. The Hall–Kier alpha value is -3.01. The number of hydrogen-bond acceptors (Lipinski definition) is 5. The summed E-state index contributed by atoms with van der Waals surface area (Å²) in [7, 11) is 0. The van der Waals surface area contributed by atoms with Gasteiger partial charge in [-0.25, -0.2) is 4.39 Å². The zero-order valence-corrected chi connectivity index (χ0v) is 18.9. The maximum atomic E-state index is 14.8. The van der Waals surface area contributed by atoms with E-state index in [2.05, 4.69) is 10.1 Å². The van der Waals surface area contributed by atoms with Gasteiger partial charge >= 0.3 is 6.36 Å². The van der Waals surface area contributed by atoms with Gasteiger partial charge in [-0.15, -0.1) is 13.2 Å². The minimum atomic E-state index is -4.91. The molecule has 6 nitrogen and oxygen atoms in total. The average Bonchev–Trinajstić information content (AvgIpc) is 3.53. The van der Waals surface area contributed by atoms with Crippen LogP contribution in [0.1, 0.15) is 54.1 Å². The third-order valence-corrected chi connectivity index (χ3v) is 5.39. The first-order chi connectivity index (χ1) is 15.8. The van der Waals surface area contributed by atoms with Crippen molar-refractivity contribution in [1.29, 1.82) is 0 Å². The van der Waals surface area contributed by atoms with Crippen molar-refractivity contribution in [2.24, 2.45) is 5.92 Å². The first-order valence-corrected chi connectivity index (χ1v) is 10.7. The van der Waals surface area contributed by atoms with Crippen molar-refractivity contribution >= 4 is 23.5 Å². The van der Waals surface area contributed by atoms with E-state index in [-0.39, 0.29) is 28.9 Å². The lowest BCUT2D eigenvalue weighted by molar-refractivity contribution is -0.309. The van der Waals surface area contributed by atoms with Gasteiger partial charge in [-0.3, -0.25) is 4.79 Å². The topological polar surface area (TPSA) is 87.7 Å². The van der Waals surface area contributed by atoms with E-state index in [0.29, 0.717) is 11.1 Å². The molecule has 1 unspecified atom stereocenters. The van der Waals surface area contributed by atoms with Crippen LogP contribution in [0.2, 0.25) is 5.02 Å². The number of benzene rings is 2. The van der Waals surface area contributed by atoms with Crippen molar-refractivity contribution in [3.05, 3.63) is 57.9 Å². The number of halogens is 5. The molecule has 11 heteroatoms. The molecule has 1 atom stereocenters. The average molecular weight is 503 g/mol. The van der Waals surface area contributed by atoms with Crippen LogP contribution >= 0.6 is 11.6 Å². The summed E-state index contributed by atoms with van der Waals surface area (Å²) in [6.45, 7) is 2.95. The van der Waals surface area contributed by atoms with Gasteiger partial charge in [0.2, 0.25) is 0 Å². The Kier molecular flexibility index (Phi) is 7.60. The molecule has 2 aromatic carbocycles. The summed E-state index contributed by atoms with van der Waals surface area (Å²) in [5.41, 5.74) is 0.714. The monoisotopic (exact) mass is 502 g/mol. The zero-order valence-electron chi connectivity index (χ0n) is 18.2. The highest BCUT2D eigenvalue weighted by atomic mass is 35.5. The van der Waals surface area contributed by atoms with E-state index < -0.39 is 41.8 Å². The maximum absolute atomic E-state index is 14.8. The minimum absolute atomic E-state index is 0.0236. The first-order valence-electron chi connectivity index (χ1n) is 10.4.